The molecule has 1 aromatic rings. The van der Waals surface area contributed by atoms with E-state index in [-0.39, 0.29) is 28.6 Å². The normalized spacial score (nSPS) is 20.8. The van der Waals surface area contributed by atoms with Crippen LogP contribution in [-0.4, -0.2) is 56.3 Å². The summed E-state index contributed by atoms with van der Waals surface area (Å²) in [6, 6.07) is 1.16. The van der Waals surface area contributed by atoms with Gasteiger partial charge in [-0.3, -0.25) is 4.79 Å². The maximum Gasteiger partial charge on any atom is 0.275 e. The molecule has 1 saturated heterocycles. The lowest BCUT2D eigenvalue weighted by molar-refractivity contribution is 0.0582. The first-order valence-electron chi connectivity index (χ1n) is 7.75. The molecule has 2 rings (SSSR count). The second kappa shape index (κ2) is 6.62. The first kappa shape index (κ1) is 18.0. The number of carbonyl (C=O) groups excluding carboxylic acids is 1. The molecule has 2 heterocycles. The fourth-order valence-corrected chi connectivity index (χ4v) is 3.74. The molecule has 0 aliphatic carbocycles. The van der Waals surface area contributed by atoms with Gasteiger partial charge in [-0.25, -0.2) is 12.7 Å². The molecule has 2 unspecified atom stereocenters. The number of sulfonamides is 1. The Balaban J connectivity index is 2.35. The molecule has 2 atom stereocenters. The quantitative estimate of drug-likeness (QED) is 0.885. The zero-order valence-corrected chi connectivity index (χ0v) is 14.9. The number of carbonyl (C=O) groups is 1. The highest BCUT2D eigenvalue weighted by atomic mass is 32.2. The van der Waals surface area contributed by atoms with Gasteiger partial charge in [-0.1, -0.05) is 0 Å². The fourth-order valence-electron chi connectivity index (χ4n) is 2.89. The Morgan fingerprint density at radius 3 is 2.65 bits per heavy atom. The van der Waals surface area contributed by atoms with Gasteiger partial charge in [0, 0.05) is 38.8 Å². The van der Waals surface area contributed by atoms with Crippen LogP contribution in [-0.2, 0) is 10.0 Å². The van der Waals surface area contributed by atoms with Crippen molar-refractivity contribution < 1.29 is 17.6 Å². The molecule has 1 aliphatic rings. The summed E-state index contributed by atoms with van der Waals surface area (Å²) in [6.45, 7) is 4.12. The molecule has 2 N–H and O–H groups in total. The summed E-state index contributed by atoms with van der Waals surface area (Å²) in [6.07, 6.45) is 2.83. The van der Waals surface area contributed by atoms with E-state index < -0.39 is 10.0 Å². The van der Waals surface area contributed by atoms with Crippen molar-refractivity contribution in [1.29, 1.82) is 0 Å². The Labute approximate surface area is 137 Å². The molecule has 130 valence electrons. The monoisotopic (exact) mass is 343 g/mol. The van der Waals surface area contributed by atoms with Crippen LogP contribution in [0.5, 0.6) is 0 Å². The molecule has 0 bridgehead atoms. The predicted molar refractivity (Wildman–Crippen MR) is 86.6 cm³/mol. The third kappa shape index (κ3) is 3.44. The van der Waals surface area contributed by atoms with Crippen LogP contribution in [0.1, 0.15) is 42.3 Å². The summed E-state index contributed by atoms with van der Waals surface area (Å²) >= 11 is 0. The van der Waals surface area contributed by atoms with Crippen LogP contribution in [0.15, 0.2) is 15.6 Å². The Hall–Kier alpha value is -1.38. The zero-order valence-electron chi connectivity index (χ0n) is 14.1. The minimum Gasteiger partial charge on any atom is -0.448 e. The number of rotatable bonds is 4. The van der Waals surface area contributed by atoms with Crippen LogP contribution in [0.4, 0.5) is 0 Å². The number of nitrogens with two attached hydrogens (primary N) is 1. The van der Waals surface area contributed by atoms with Crippen LogP contribution in [0.25, 0.3) is 0 Å². The van der Waals surface area contributed by atoms with Crippen LogP contribution in [0, 0.1) is 6.92 Å². The molecule has 8 heteroatoms. The zero-order chi connectivity index (χ0) is 17.4. The van der Waals surface area contributed by atoms with E-state index in [1.165, 1.54) is 20.2 Å². The number of likely N-dealkylation sites (tertiary alicyclic amines) is 1. The summed E-state index contributed by atoms with van der Waals surface area (Å²) in [5.74, 6) is 0.0953. The van der Waals surface area contributed by atoms with Gasteiger partial charge < -0.3 is 15.1 Å². The number of piperidine rings is 1. The van der Waals surface area contributed by atoms with Crippen LogP contribution in [0.2, 0.25) is 0 Å². The molecule has 1 aromatic heterocycles. The van der Waals surface area contributed by atoms with Gasteiger partial charge in [-0.2, -0.15) is 0 Å². The van der Waals surface area contributed by atoms with Gasteiger partial charge in [0.05, 0.1) is 5.56 Å². The van der Waals surface area contributed by atoms with Crippen molar-refractivity contribution in [2.45, 2.75) is 50.3 Å². The topological polar surface area (TPSA) is 96.8 Å². The highest BCUT2D eigenvalue weighted by Gasteiger charge is 2.33. The Morgan fingerprint density at radius 1 is 1.43 bits per heavy atom. The minimum atomic E-state index is -3.70. The summed E-state index contributed by atoms with van der Waals surface area (Å²) in [7, 11) is -0.857. The van der Waals surface area contributed by atoms with E-state index in [0.29, 0.717) is 12.3 Å². The molecule has 0 saturated carbocycles. The first-order chi connectivity index (χ1) is 10.7. The largest absolute Gasteiger partial charge is 0.448 e. The lowest BCUT2D eigenvalue weighted by Gasteiger charge is -2.38. The van der Waals surface area contributed by atoms with Crippen molar-refractivity contribution in [2.24, 2.45) is 5.73 Å². The molecular weight excluding hydrogens is 318 g/mol. The van der Waals surface area contributed by atoms with Gasteiger partial charge in [0.1, 0.15) is 5.76 Å². The summed E-state index contributed by atoms with van der Waals surface area (Å²) < 4.78 is 30.7. The maximum absolute atomic E-state index is 12.8. The van der Waals surface area contributed by atoms with Gasteiger partial charge >= 0.3 is 0 Å². The second-order valence-corrected chi connectivity index (χ2v) is 8.33. The highest BCUT2D eigenvalue weighted by Crippen LogP contribution is 2.26. The predicted octanol–water partition coefficient (Wildman–Crippen LogP) is 1.18. The van der Waals surface area contributed by atoms with Crippen molar-refractivity contribution in [2.75, 3.05) is 20.6 Å². The van der Waals surface area contributed by atoms with E-state index in [2.05, 4.69) is 0 Å². The third-order valence-electron chi connectivity index (χ3n) is 4.28. The number of hydrogen-bond donors (Lipinski definition) is 1. The average Bonchev–Trinajstić information content (AvgIpc) is 2.89. The molecule has 1 fully saturated rings. The summed E-state index contributed by atoms with van der Waals surface area (Å²) in [4.78, 5) is 14.6. The number of amides is 1. The summed E-state index contributed by atoms with van der Waals surface area (Å²) in [5, 5.41) is -0.210. The molecular formula is C15H25N3O4S. The molecule has 0 aromatic carbocycles. The van der Waals surface area contributed by atoms with E-state index in [9.17, 15) is 13.2 Å². The number of furan rings is 1. The van der Waals surface area contributed by atoms with Crippen LogP contribution >= 0.6 is 0 Å². The molecule has 0 spiro atoms. The van der Waals surface area contributed by atoms with Crippen LogP contribution < -0.4 is 5.73 Å². The second-order valence-electron chi connectivity index (χ2n) is 6.24. The summed E-state index contributed by atoms with van der Waals surface area (Å²) in [5.41, 5.74) is 6.30. The Kier molecular flexibility index (Phi) is 5.17. The smallest absolute Gasteiger partial charge is 0.275 e. The molecule has 7 nitrogen and oxygen atoms in total. The van der Waals surface area contributed by atoms with Crippen molar-refractivity contribution in [3.05, 3.63) is 17.4 Å². The van der Waals surface area contributed by atoms with E-state index >= 15 is 0 Å². The Bertz CT molecular complexity index is 679. The third-order valence-corrected chi connectivity index (χ3v) is 5.95. The minimum absolute atomic E-state index is 0.0283. The van der Waals surface area contributed by atoms with Gasteiger partial charge in [0.15, 0.2) is 0 Å². The molecule has 0 radical (unpaired) electrons. The number of hydrogen-bond acceptors (Lipinski definition) is 5. The highest BCUT2D eigenvalue weighted by molar-refractivity contribution is 7.88. The van der Waals surface area contributed by atoms with Crippen LogP contribution in [0.3, 0.4) is 0 Å². The fraction of sp³-hybridized carbons (Fsp3) is 0.667. The van der Waals surface area contributed by atoms with E-state index in [4.69, 9.17) is 10.2 Å². The maximum atomic E-state index is 12.8. The van der Waals surface area contributed by atoms with E-state index in [1.54, 1.807) is 11.8 Å². The molecule has 1 aliphatic heterocycles. The van der Waals surface area contributed by atoms with Crippen molar-refractivity contribution in [3.63, 3.8) is 0 Å². The van der Waals surface area contributed by atoms with Gasteiger partial charge in [0.2, 0.25) is 5.09 Å². The number of aryl methyl sites for hydroxylation is 1. The molecule has 1 amide bonds. The van der Waals surface area contributed by atoms with E-state index in [1.807, 2.05) is 6.92 Å². The standard InChI is InChI=1S/C15H25N3O4S/c1-10(16)13-7-5-6-8-18(13)15(19)12-9-14(22-11(12)2)23(20,21)17(3)4/h9-10,13H,5-8,16H2,1-4H3. The lowest BCUT2D eigenvalue weighted by Crippen LogP contribution is -2.51. The Morgan fingerprint density at radius 2 is 2.09 bits per heavy atom. The molecule has 23 heavy (non-hydrogen) atoms. The van der Waals surface area contributed by atoms with Crippen molar-refractivity contribution in [1.82, 2.24) is 9.21 Å². The van der Waals surface area contributed by atoms with Gasteiger partial charge in [0.25, 0.3) is 15.9 Å². The van der Waals surface area contributed by atoms with Gasteiger partial charge in [-0.15, -0.1) is 0 Å². The number of nitrogens with zero attached hydrogens (tertiary/aromatic N) is 2. The van der Waals surface area contributed by atoms with Crippen molar-refractivity contribution in [3.8, 4) is 0 Å². The van der Waals surface area contributed by atoms with Gasteiger partial charge in [-0.05, 0) is 33.1 Å². The lowest BCUT2D eigenvalue weighted by atomic mass is 9.96. The average molecular weight is 343 g/mol. The first-order valence-corrected chi connectivity index (χ1v) is 9.19. The SMILES string of the molecule is Cc1oc(S(=O)(=O)N(C)C)cc1C(=O)N1CCCCC1C(C)N. The van der Waals surface area contributed by atoms with E-state index in [0.717, 1.165) is 23.6 Å². The van der Waals surface area contributed by atoms with Crippen molar-refractivity contribution >= 4 is 15.9 Å².